The average Bonchev–Trinajstić information content (AvgIpc) is 2.03. The predicted molar refractivity (Wildman–Crippen MR) is 57.8 cm³/mol. The molecule has 1 nitrogen and oxygen atoms in total. The van der Waals surface area contributed by atoms with Crippen molar-refractivity contribution in [1.82, 2.24) is 0 Å². The van der Waals surface area contributed by atoms with Gasteiger partial charge in [0.25, 0.3) is 0 Å². The number of benzene rings is 1. The zero-order chi connectivity index (χ0) is 10.1. The number of halogens is 2. The van der Waals surface area contributed by atoms with E-state index in [0.29, 0.717) is 0 Å². The van der Waals surface area contributed by atoms with E-state index in [4.69, 9.17) is 5.26 Å². The van der Waals surface area contributed by atoms with Gasteiger partial charge in [0.15, 0.2) is 0 Å². The second kappa shape index (κ2) is 3.62. The summed E-state index contributed by atoms with van der Waals surface area (Å²) in [7, 11) is 0. The molecule has 0 aliphatic rings. The van der Waals surface area contributed by atoms with Crippen LogP contribution in [0.5, 0.6) is 0 Å². The number of nitriles is 1. The fraction of sp³-hybridized carbons (Fsp3) is 0.300. The quantitative estimate of drug-likeness (QED) is 0.728. The largest absolute Gasteiger partial charge is 0.207 e. The monoisotopic (exact) mass is 289 g/mol. The van der Waals surface area contributed by atoms with Crippen LogP contribution in [0.15, 0.2) is 18.2 Å². The van der Waals surface area contributed by atoms with Crippen LogP contribution in [-0.4, -0.2) is 0 Å². The van der Waals surface area contributed by atoms with E-state index in [2.05, 4.69) is 6.07 Å². The molecule has 13 heavy (non-hydrogen) atoms. The summed E-state index contributed by atoms with van der Waals surface area (Å²) in [4.78, 5) is 0. The Morgan fingerprint density at radius 3 is 2.54 bits per heavy atom. The SMILES string of the molecule is CC(C)(C#N)c1ccc(F)cc1I. The predicted octanol–water partition coefficient (Wildman–Crippen LogP) is 3.23. The summed E-state index contributed by atoms with van der Waals surface area (Å²) >= 11 is 2.04. The molecule has 0 radical (unpaired) electrons. The Hall–Kier alpha value is -0.630. The van der Waals surface area contributed by atoms with Gasteiger partial charge >= 0.3 is 0 Å². The molecule has 0 N–H and O–H groups in total. The summed E-state index contributed by atoms with van der Waals surface area (Å²) in [5.41, 5.74) is 0.321. The highest BCUT2D eigenvalue weighted by molar-refractivity contribution is 14.1. The van der Waals surface area contributed by atoms with Gasteiger partial charge in [-0.25, -0.2) is 4.39 Å². The molecular weight excluding hydrogens is 280 g/mol. The molecule has 1 rings (SSSR count). The smallest absolute Gasteiger partial charge is 0.124 e. The van der Waals surface area contributed by atoms with Crippen molar-refractivity contribution < 1.29 is 4.39 Å². The fourth-order valence-corrected chi connectivity index (χ4v) is 2.21. The molecule has 1 aromatic carbocycles. The van der Waals surface area contributed by atoms with Crippen molar-refractivity contribution in [3.8, 4) is 6.07 Å². The molecule has 68 valence electrons. The van der Waals surface area contributed by atoms with E-state index in [1.165, 1.54) is 12.1 Å². The lowest BCUT2D eigenvalue weighted by atomic mass is 9.86. The maximum atomic E-state index is 12.8. The third kappa shape index (κ3) is 2.19. The van der Waals surface area contributed by atoms with Gasteiger partial charge in [-0.05, 0) is 54.1 Å². The lowest BCUT2D eigenvalue weighted by molar-refractivity contribution is 0.619. The molecule has 0 aromatic heterocycles. The molecule has 0 amide bonds. The number of rotatable bonds is 1. The van der Waals surface area contributed by atoms with Crippen molar-refractivity contribution >= 4 is 22.6 Å². The molecule has 3 heteroatoms. The zero-order valence-corrected chi connectivity index (χ0v) is 9.59. The number of hydrogen-bond acceptors (Lipinski definition) is 1. The normalized spacial score (nSPS) is 11.0. The van der Waals surface area contributed by atoms with Crippen molar-refractivity contribution in [1.29, 1.82) is 5.26 Å². The maximum absolute atomic E-state index is 12.8. The van der Waals surface area contributed by atoms with E-state index < -0.39 is 5.41 Å². The average molecular weight is 289 g/mol. The van der Waals surface area contributed by atoms with Crippen molar-refractivity contribution in [2.24, 2.45) is 0 Å². The van der Waals surface area contributed by atoms with Crippen LogP contribution in [0.2, 0.25) is 0 Å². The Labute approximate surface area is 90.7 Å². The molecule has 0 saturated heterocycles. The van der Waals surface area contributed by atoms with Crippen LogP contribution in [-0.2, 0) is 5.41 Å². The van der Waals surface area contributed by atoms with Crippen LogP contribution < -0.4 is 0 Å². The van der Waals surface area contributed by atoms with Gasteiger partial charge in [-0.1, -0.05) is 6.07 Å². The molecule has 0 bridgehead atoms. The highest BCUT2D eigenvalue weighted by atomic mass is 127. The highest BCUT2D eigenvalue weighted by Crippen LogP contribution is 2.27. The molecule has 0 aliphatic carbocycles. The molecule has 0 aliphatic heterocycles. The topological polar surface area (TPSA) is 23.8 Å². The van der Waals surface area contributed by atoms with Crippen molar-refractivity contribution in [2.45, 2.75) is 19.3 Å². The van der Waals surface area contributed by atoms with Gasteiger partial charge in [0.05, 0.1) is 11.5 Å². The Kier molecular flexibility index (Phi) is 2.91. The summed E-state index contributed by atoms with van der Waals surface area (Å²) in [6.45, 7) is 3.64. The third-order valence-corrected chi connectivity index (χ3v) is 2.78. The lowest BCUT2D eigenvalue weighted by Crippen LogP contribution is -2.15. The third-order valence-electron chi connectivity index (χ3n) is 1.88. The van der Waals surface area contributed by atoms with Gasteiger partial charge in [-0.3, -0.25) is 0 Å². The Morgan fingerprint density at radius 2 is 2.08 bits per heavy atom. The van der Waals surface area contributed by atoms with Crippen molar-refractivity contribution in [3.63, 3.8) is 0 Å². The zero-order valence-electron chi connectivity index (χ0n) is 7.44. The highest BCUT2D eigenvalue weighted by Gasteiger charge is 2.22. The Morgan fingerprint density at radius 1 is 1.46 bits per heavy atom. The van der Waals surface area contributed by atoms with Crippen LogP contribution in [0.3, 0.4) is 0 Å². The van der Waals surface area contributed by atoms with Crippen LogP contribution in [0.25, 0.3) is 0 Å². The summed E-state index contributed by atoms with van der Waals surface area (Å²) in [6, 6.07) is 6.68. The van der Waals surface area contributed by atoms with E-state index in [9.17, 15) is 4.39 Å². The van der Waals surface area contributed by atoms with E-state index in [0.717, 1.165) is 9.13 Å². The minimum absolute atomic E-state index is 0.262. The molecule has 0 fully saturated rings. The second-order valence-corrected chi connectivity index (χ2v) is 4.52. The van der Waals surface area contributed by atoms with E-state index in [1.54, 1.807) is 6.07 Å². The van der Waals surface area contributed by atoms with Crippen molar-refractivity contribution in [2.75, 3.05) is 0 Å². The van der Waals surface area contributed by atoms with Gasteiger partial charge in [0.1, 0.15) is 5.82 Å². The van der Waals surface area contributed by atoms with Gasteiger partial charge in [-0.2, -0.15) is 5.26 Å². The maximum Gasteiger partial charge on any atom is 0.124 e. The van der Waals surface area contributed by atoms with Gasteiger partial charge in [0, 0.05) is 3.57 Å². The van der Waals surface area contributed by atoms with E-state index in [-0.39, 0.29) is 5.82 Å². The minimum Gasteiger partial charge on any atom is -0.207 e. The Balaban J connectivity index is 3.26. The molecule has 1 aromatic rings. The minimum atomic E-state index is -0.551. The van der Waals surface area contributed by atoms with E-state index in [1.807, 2.05) is 36.4 Å². The first-order chi connectivity index (χ1) is 5.97. The van der Waals surface area contributed by atoms with Gasteiger partial charge < -0.3 is 0 Å². The molecule has 0 spiro atoms. The fourth-order valence-electron chi connectivity index (χ4n) is 1.06. The summed E-state index contributed by atoms with van der Waals surface area (Å²) in [5, 5.41) is 8.89. The van der Waals surface area contributed by atoms with Crippen molar-refractivity contribution in [3.05, 3.63) is 33.1 Å². The first kappa shape index (κ1) is 10.5. The molecule has 0 unspecified atom stereocenters. The molecular formula is C10H9FIN. The standard InChI is InChI=1S/C10H9FIN/c1-10(2,6-13)8-4-3-7(11)5-9(8)12/h3-5H,1-2H3. The summed E-state index contributed by atoms with van der Waals surface area (Å²) < 4.78 is 13.5. The van der Waals surface area contributed by atoms with Crippen LogP contribution in [0, 0.1) is 20.7 Å². The molecule has 0 atom stereocenters. The lowest BCUT2D eigenvalue weighted by Gasteiger charge is -2.17. The summed E-state index contributed by atoms with van der Waals surface area (Å²) in [5.74, 6) is -0.262. The van der Waals surface area contributed by atoms with Gasteiger partial charge in [-0.15, -0.1) is 0 Å². The number of hydrogen-bond donors (Lipinski definition) is 0. The molecule has 0 saturated carbocycles. The first-order valence-electron chi connectivity index (χ1n) is 3.84. The molecule has 0 heterocycles. The van der Waals surface area contributed by atoms with Crippen LogP contribution >= 0.6 is 22.6 Å². The first-order valence-corrected chi connectivity index (χ1v) is 4.92. The number of nitrogens with zero attached hydrogens (tertiary/aromatic N) is 1. The summed E-state index contributed by atoms with van der Waals surface area (Å²) in [6.07, 6.45) is 0. The van der Waals surface area contributed by atoms with Gasteiger partial charge in [0.2, 0.25) is 0 Å². The van der Waals surface area contributed by atoms with Crippen LogP contribution in [0.1, 0.15) is 19.4 Å². The second-order valence-electron chi connectivity index (χ2n) is 3.36. The Bertz CT molecular complexity index is 366. The van der Waals surface area contributed by atoms with E-state index >= 15 is 0 Å². The van der Waals surface area contributed by atoms with Crippen LogP contribution in [0.4, 0.5) is 4.39 Å².